The highest BCUT2D eigenvalue weighted by atomic mass is 32.1. The number of rotatable bonds is 21. The van der Waals surface area contributed by atoms with Gasteiger partial charge in [-0.15, -0.1) is 0 Å². The van der Waals surface area contributed by atoms with E-state index in [1.165, 1.54) is 0 Å². The molecule has 0 bridgehead atoms. The summed E-state index contributed by atoms with van der Waals surface area (Å²) in [5, 5.41) is 3.47. The topological polar surface area (TPSA) is 111 Å². The van der Waals surface area contributed by atoms with Crippen molar-refractivity contribution in [3.05, 3.63) is 10.4 Å². The molecule has 1 aliphatic rings. The minimum absolute atomic E-state index is 0.113. The number of thiol groups is 1. The summed E-state index contributed by atoms with van der Waals surface area (Å²) in [6, 6.07) is 0.995. The molecule has 0 aromatic carbocycles. The smallest absolute Gasteiger partial charge is 0.305 e. The number of hydrogen-bond acceptors (Lipinski definition) is 9. The van der Waals surface area contributed by atoms with Crippen molar-refractivity contribution in [1.82, 2.24) is 14.7 Å². The number of carbonyl (C=O) groups excluding carboxylic acids is 2. The molecule has 3 unspecified atom stereocenters. The molecule has 1 saturated carbocycles. The van der Waals surface area contributed by atoms with Gasteiger partial charge in [0.1, 0.15) is 13.2 Å². The molecule has 0 heterocycles. The normalized spacial score (nSPS) is 19.1. The van der Waals surface area contributed by atoms with Crippen LogP contribution in [0.4, 0.5) is 0 Å². The second-order valence-corrected chi connectivity index (χ2v) is 9.75. The predicted molar refractivity (Wildman–Crippen MR) is 142 cm³/mol. The van der Waals surface area contributed by atoms with E-state index in [0.717, 1.165) is 38.0 Å². The van der Waals surface area contributed by atoms with Crippen LogP contribution in [0.5, 0.6) is 0 Å². The first-order valence-corrected chi connectivity index (χ1v) is 13.5. The van der Waals surface area contributed by atoms with E-state index in [1.807, 2.05) is 0 Å². The van der Waals surface area contributed by atoms with E-state index in [0.29, 0.717) is 76.7 Å². The van der Waals surface area contributed by atoms with Gasteiger partial charge in [0.2, 0.25) is 0 Å². The van der Waals surface area contributed by atoms with Crippen LogP contribution in [0, 0.1) is 0 Å². The fourth-order valence-corrected chi connectivity index (χ4v) is 4.50. The Balaban J connectivity index is 2.47. The molecule has 0 aromatic rings. The van der Waals surface area contributed by atoms with Gasteiger partial charge in [-0.3, -0.25) is 19.4 Å². The maximum absolute atomic E-state index is 12.0. The standard InChI is InChI=1S/C24H46N6O4S/c1-5-6-7-11-20(31)33-17-15-29(3)23-22(28(2)14-10-19-35)24(23)30(4)16-18-34-21(32)12-8-9-13-26-27-25/h22-24,35H,5-19H2,1-4H3. The van der Waals surface area contributed by atoms with Crippen molar-refractivity contribution in [3.63, 3.8) is 0 Å². The molecule has 0 saturated heterocycles. The molecule has 0 radical (unpaired) electrons. The lowest BCUT2D eigenvalue weighted by Crippen LogP contribution is -2.34. The monoisotopic (exact) mass is 514 g/mol. The van der Waals surface area contributed by atoms with Crippen molar-refractivity contribution in [1.29, 1.82) is 0 Å². The zero-order valence-corrected chi connectivity index (χ0v) is 23.0. The summed E-state index contributed by atoms with van der Waals surface area (Å²) in [5.74, 6) is 0.524. The molecule has 0 N–H and O–H groups in total. The average molecular weight is 515 g/mol. The van der Waals surface area contributed by atoms with Crippen molar-refractivity contribution in [2.45, 2.75) is 76.4 Å². The second kappa shape index (κ2) is 18.7. The molecular weight excluding hydrogens is 468 g/mol. The Labute approximate surface area is 216 Å². The lowest BCUT2D eigenvalue weighted by Gasteiger charge is -2.20. The molecule has 1 aliphatic carbocycles. The van der Waals surface area contributed by atoms with Crippen LogP contribution in [0.1, 0.15) is 58.3 Å². The summed E-state index contributed by atoms with van der Waals surface area (Å²) >= 11 is 4.35. The first kappa shape index (κ1) is 31.5. The minimum Gasteiger partial charge on any atom is -0.464 e. The molecule has 10 nitrogen and oxygen atoms in total. The number of esters is 2. The van der Waals surface area contributed by atoms with Crippen LogP contribution < -0.4 is 0 Å². The van der Waals surface area contributed by atoms with Crippen molar-refractivity contribution in [3.8, 4) is 0 Å². The number of carbonyl (C=O) groups is 2. The second-order valence-electron chi connectivity index (χ2n) is 9.30. The lowest BCUT2D eigenvalue weighted by molar-refractivity contribution is -0.145. The fraction of sp³-hybridized carbons (Fsp3) is 0.917. The highest BCUT2D eigenvalue weighted by molar-refractivity contribution is 7.80. The van der Waals surface area contributed by atoms with Crippen LogP contribution in [0.25, 0.3) is 10.4 Å². The third-order valence-corrected chi connectivity index (χ3v) is 6.77. The van der Waals surface area contributed by atoms with E-state index in [1.54, 1.807) is 0 Å². The molecule has 1 rings (SSSR count). The molecule has 1 fully saturated rings. The van der Waals surface area contributed by atoms with Gasteiger partial charge < -0.3 is 14.4 Å². The Bertz CT molecular complexity index is 664. The first-order chi connectivity index (χ1) is 16.9. The summed E-state index contributed by atoms with van der Waals surface area (Å²) in [6.45, 7) is 5.59. The minimum atomic E-state index is -0.216. The Kier molecular flexibility index (Phi) is 16.8. The number of likely N-dealkylation sites (N-methyl/N-ethyl adjacent to an activating group) is 3. The third kappa shape index (κ3) is 12.8. The highest BCUT2D eigenvalue weighted by Crippen LogP contribution is 2.36. The quantitative estimate of drug-likeness (QED) is 0.0624. The summed E-state index contributed by atoms with van der Waals surface area (Å²) in [5.41, 5.74) is 8.27. The summed E-state index contributed by atoms with van der Waals surface area (Å²) in [6.07, 6.45) is 6.23. The van der Waals surface area contributed by atoms with Gasteiger partial charge in [0.25, 0.3) is 0 Å². The van der Waals surface area contributed by atoms with E-state index >= 15 is 0 Å². The van der Waals surface area contributed by atoms with Crippen molar-refractivity contribution < 1.29 is 19.1 Å². The van der Waals surface area contributed by atoms with Gasteiger partial charge in [-0.1, -0.05) is 24.9 Å². The number of ether oxygens (including phenoxy) is 2. The Hall–Kier alpha value is -1.52. The number of unbranched alkanes of at least 4 members (excludes halogenated alkanes) is 3. The Morgan fingerprint density at radius 1 is 0.829 bits per heavy atom. The summed E-state index contributed by atoms with van der Waals surface area (Å²) in [4.78, 5) is 33.5. The molecule has 202 valence electrons. The van der Waals surface area contributed by atoms with Crippen LogP contribution in [0.3, 0.4) is 0 Å². The van der Waals surface area contributed by atoms with Gasteiger partial charge in [0.15, 0.2) is 0 Å². The fourth-order valence-electron chi connectivity index (χ4n) is 4.36. The molecule has 0 aromatic heterocycles. The van der Waals surface area contributed by atoms with Crippen LogP contribution in [0.15, 0.2) is 5.11 Å². The van der Waals surface area contributed by atoms with Crippen LogP contribution in [0.2, 0.25) is 0 Å². The molecule has 3 atom stereocenters. The van der Waals surface area contributed by atoms with Crippen LogP contribution in [-0.4, -0.2) is 111 Å². The average Bonchev–Trinajstić information content (AvgIpc) is 3.58. The Morgan fingerprint density at radius 3 is 1.77 bits per heavy atom. The third-order valence-electron chi connectivity index (χ3n) is 6.46. The van der Waals surface area contributed by atoms with Gasteiger partial charge in [0, 0.05) is 55.5 Å². The highest BCUT2D eigenvalue weighted by Gasteiger charge is 2.56. The summed E-state index contributed by atoms with van der Waals surface area (Å²) < 4.78 is 10.8. The van der Waals surface area contributed by atoms with Crippen molar-refractivity contribution >= 4 is 24.6 Å². The van der Waals surface area contributed by atoms with Gasteiger partial charge in [-0.2, -0.15) is 12.6 Å². The van der Waals surface area contributed by atoms with E-state index in [-0.39, 0.29) is 11.9 Å². The van der Waals surface area contributed by atoms with Gasteiger partial charge >= 0.3 is 11.9 Å². The first-order valence-electron chi connectivity index (χ1n) is 12.9. The summed E-state index contributed by atoms with van der Waals surface area (Å²) in [7, 11) is 6.30. The maximum Gasteiger partial charge on any atom is 0.305 e. The molecule has 11 heteroatoms. The number of nitrogens with zero attached hydrogens (tertiary/aromatic N) is 6. The molecule has 0 spiro atoms. The predicted octanol–water partition coefficient (Wildman–Crippen LogP) is 3.37. The van der Waals surface area contributed by atoms with Gasteiger partial charge in [-0.25, -0.2) is 0 Å². The van der Waals surface area contributed by atoms with Crippen LogP contribution >= 0.6 is 12.6 Å². The number of hydrogen-bond donors (Lipinski definition) is 1. The number of azide groups is 1. The molecule has 35 heavy (non-hydrogen) atoms. The van der Waals surface area contributed by atoms with E-state index < -0.39 is 0 Å². The molecular formula is C24H46N6O4S. The van der Waals surface area contributed by atoms with Crippen molar-refractivity contribution in [2.24, 2.45) is 5.11 Å². The lowest BCUT2D eigenvalue weighted by atomic mass is 10.2. The van der Waals surface area contributed by atoms with Gasteiger partial charge in [0.05, 0.1) is 0 Å². The molecule has 0 aliphatic heterocycles. The Morgan fingerprint density at radius 2 is 1.31 bits per heavy atom. The largest absolute Gasteiger partial charge is 0.464 e. The van der Waals surface area contributed by atoms with E-state index in [9.17, 15) is 9.59 Å². The van der Waals surface area contributed by atoms with Gasteiger partial charge in [-0.05, 0) is 64.7 Å². The molecule has 0 amide bonds. The van der Waals surface area contributed by atoms with Crippen molar-refractivity contribution in [2.75, 3.05) is 66.3 Å². The SMILES string of the molecule is CCCCCC(=O)OCCN(C)C1C(N(C)CCCS)C1N(C)CCOC(=O)CCCCN=[N+]=[N-]. The van der Waals surface area contributed by atoms with Crippen LogP contribution in [-0.2, 0) is 19.1 Å². The zero-order valence-electron chi connectivity index (χ0n) is 22.1. The van der Waals surface area contributed by atoms with E-state index in [2.05, 4.69) is 65.4 Å². The zero-order chi connectivity index (χ0) is 26.1. The maximum atomic E-state index is 12.0. The van der Waals surface area contributed by atoms with E-state index in [4.69, 9.17) is 15.0 Å².